The van der Waals surface area contributed by atoms with Crippen molar-refractivity contribution in [2.45, 2.75) is 0 Å². The fourth-order valence-electron chi connectivity index (χ4n) is 17.0. The molecule has 12 heteroatoms. The van der Waals surface area contributed by atoms with Crippen LogP contribution in [0.15, 0.2) is 313 Å². The fraction of sp³-hybridized carbons (Fsp3) is 0.0417. The zero-order chi connectivity index (χ0) is 72.2. The number of ether oxygens (including phenoxy) is 4. The predicted molar refractivity (Wildman–Crippen MR) is 438 cm³/mol. The Labute approximate surface area is 618 Å². The normalized spacial score (nSPS) is 12.4. The van der Waals surface area contributed by atoms with Crippen LogP contribution in [0.5, 0.6) is 34.5 Å². The summed E-state index contributed by atoms with van der Waals surface area (Å²) in [5.74, 6) is 3.91. The van der Waals surface area contributed by atoms with Crippen LogP contribution >= 0.6 is 0 Å². The Bertz CT molecular complexity index is 6930. The van der Waals surface area contributed by atoms with Crippen molar-refractivity contribution in [1.29, 1.82) is 0 Å². The summed E-state index contributed by atoms with van der Waals surface area (Å²) in [5.41, 5.74) is 18.6. The molecule has 0 radical (unpaired) electrons. The van der Waals surface area contributed by atoms with E-state index in [9.17, 15) is 0 Å². The summed E-state index contributed by atoms with van der Waals surface area (Å²) in [6.45, 7) is 0. The Morgan fingerprint density at radius 1 is 0.250 bits per heavy atom. The van der Waals surface area contributed by atoms with E-state index in [-0.39, 0.29) is 10.9 Å². The lowest BCUT2D eigenvalue weighted by Gasteiger charge is -2.36. The molecule has 0 saturated heterocycles. The molecule has 0 spiro atoms. The highest BCUT2D eigenvalue weighted by Gasteiger charge is 2.35. The first kappa shape index (κ1) is 62.2. The van der Waals surface area contributed by atoms with Gasteiger partial charge in [-0.15, -0.1) is 0 Å². The maximum Gasteiger partial charge on any atom is 0.196 e. The summed E-state index contributed by atoms with van der Waals surface area (Å²) in [6, 6.07) is 104. The van der Waals surface area contributed by atoms with E-state index < -0.39 is 0 Å². The molecule has 2 aliphatic rings. The van der Waals surface area contributed by atoms with Crippen LogP contribution in [0.3, 0.4) is 0 Å². The van der Waals surface area contributed by atoms with Crippen LogP contribution in [-0.4, -0.2) is 37.9 Å². The largest absolute Gasteiger partial charge is 0.497 e. The van der Waals surface area contributed by atoms with Crippen LogP contribution in [0.2, 0.25) is 0 Å². The summed E-state index contributed by atoms with van der Waals surface area (Å²) < 4.78 is 29.4. The Balaban J connectivity index is 0.859. The lowest BCUT2D eigenvalue weighted by Crippen LogP contribution is -2.19. The standard InChI is InChI=1S/C96H62N4O8/c1-103-66-31-35-72-70-33-25-63(43-83(70)99(105-3)85(72)51-66)68-37-38-69(64-26-34-71-73-36-32-67(104-2)52-86(73)100(106-4)84(71)44-64)94-92(68)76-54-77-74(53-78(76)96(94)102)75-49-65(97-79-39-27-59(55-17-9-5-10-18-55)45-88(79)107-89-46-60(28-40-80(89)97)56-19-11-6-12-20-56)50-87(93(75)95(77)101)98-81-41-29-61(57-21-13-7-14-22-57)47-90(81)108-91-48-62(30-42-82(91)98)58-23-15-8-16-24-58/h5-54H,1-4H3. The molecule has 0 fully saturated rings. The molecule has 19 aromatic rings. The smallest absolute Gasteiger partial charge is 0.196 e. The van der Waals surface area contributed by atoms with E-state index in [1.807, 2.05) is 125 Å². The van der Waals surface area contributed by atoms with Gasteiger partial charge in [-0.2, -0.15) is 9.46 Å². The molecule has 514 valence electrons. The van der Waals surface area contributed by atoms with E-state index in [4.69, 9.17) is 28.6 Å². The molecule has 0 aliphatic carbocycles. The Kier molecular flexibility index (Phi) is 13.9. The van der Waals surface area contributed by atoms with Crippen molar-refractivity contribution in [3.63, 3.8) is 0 Å². The number of nitrogens with zero attached hydrogens (tertiary/aromatic N) is 4. The summed E-state index contributed by atoms with van der Waals surface area (Å²) in [7, 11) is 6.63. The fourth-order valence-corrected chi connectivity index (χ4v) is 17.0. The van der Waals surface area contributed by atoms with Crippen molar-refractivity contribution in [3.8, 4) is 101 Å². The van der Waals surface area contributed by atoms with Gasteiger partial charge in [-0.05, 0) is 192 Å². The summed E-state index contributed by atoms with van der Waals surface area (Å²) >= 11 is 0. The van der Waals surface area contributed by atoms with E-state index in [0.29, 0.717) is 83.3 Å². The van der Waals surface area contributed by atoms with E-state index in [0.717, 1.165) is 139 Å². The van der Waals surface area contributed by atoms with E-state index in [1.165, 1.54) is 0 Å². The van der Waals surface area contributed by atoms with E-state index in [2.05, 4.69) is 198 Å². The number of hydrogen-bond donors (Lipinski definition) is 0. The topological polar surface area (TPSA) is 106 Å². The molecule has 0 amide bonds. The number of rotatable bonds is 12. The maximum atomic E-state index is 16.9. The summed E-state index contributed by atoms with van der Waals surface area (Å²) in [6.07, 6.45) is 0. The van der Waals surface area contributed by atoms with Crippen molar-refractivity contribution in [2.24, 2.45) is 0 Å². The minimum Gasteiger partial charge on any atom is -0.497 e. The van der Waals surface area contributed by atoms with Crippen LogP contribution in [0.4, 0.5) is 34.1 Å². The van der Waals surface area contributed by atoms with Gasteiger partial charge in [0.15, 0.2) is 33.9 Å². The molecule has 21 rings (SSSR count). The molecule has 2 aliphatic heterocycles. The first-order valence-corrected chi connectivity index (χ1v) is 35.9. The highest BCUT2D eigenvalue weighted by Crippen LogP contribution is 2.58. The Morgan fingerprint density at radius 2 is 0.602 bits per heavy atom. The molecule has 17 aromatic carbocycles. The Hall–Kier alpha value is -14.4. The second-order valence-corrected chi connectivity index (χ2v) is 27.7. The van der Waals surface area contributed by atoms with Crippen molar-refractivity contribution >= 4 is 121 Å². The highest BCUT2D eigenvalue weighted by molar-refractivity contribution is 6.28. The minimum absolute atomic E-state index is 0.174. The van der Waals surface area contributed by atoms with Crippen molar-refractivity contribution in [3.05, 3.63) is 324 Å². The van der Waals surface area contributed by atoms with Crippen LogP contribution in [0.1, 0.15) is 0 Å². The zero-order valence-electron chi connectivity index (χ0n) is 58.9. The second kappa shape index (κ2) is 24.1. The van der Waals surface area contributed by atoms with Gasteiger partial charge in [-0.1, -0.05) is 182 Å². The Morgan fingerprint density at radius 3 is 1.02 bits per heavy atom. The van der Waals surface area contributed by atoms with E-state index in [1.54, 1.807) is 28.4 Å². The second-order valence-electron chi connectivity index (χ2n) is 27.7. The maximum absolute atomic E-state index is 16.9. The quantitative estimate of drug-likeness (QED) is 0.117. The lowest BCUT2D eigenvalue weighted by molar-refractivity contribution is 0.190. The minimum atomic E-state index is -0.196. The molecule has 12 nitrogen and oxygen atoms in total. The van der Waals surface area contributed by atoms with Gasteiger partial charge in [0.1, 0.15) is 25.7 Å². The summed E-state index contributed by atoms with van der Waals surface area (Å²) in [4.78, 5) is 50.4. The van der Waals surface area contributed by atoms with Crippen molar-refractivity contribution in [1.82, 2.24) is 9.46 Å². The molecule has 4 heterocycles. The first-order valence-electron chi connectivity index (χ1n) is 35.9. The molecule has 0 N–H and O–H groups in total. The van der Waals surface area contributed by atoms with E-state index >= 15 is 9.59 Å². The van der Waals surface area contributed by atoms with Gasteiger partial charge >= 0.3 is 0 Å². The van der Waals surface area contributed by atoms with Crippen molar-refractivity contribution < 1.29 is 28.6 Å². The number of anilines is 6. The van der Waals surface area contributed by atoms with Crippen molar-refractivity contribution in [2.75, 3.05) is 38.2 Å². The van der Waals surface area contributed by atoms with Crippen LogP contribution < -0.4 is 49.3 Å². The zero-order valence-corrected chi connectivity index (χ0v) is 58.9. The SMILES string of the molecule is COc1ccc2c3ccc(-c4ccc(-c5ccc6c7ccc(OC)cc7n(OC)c6c5)c5c4c(=O)c4cc6c(cc45)c(=O)c4c(N5c7ccc(-c8ccccc8)cc7Oc7cc(-c8ccccc8)ccc75)cc(N5c7ccc(-c8ccccc8)cc7Oc7cc(-c8ccccc8)ccc75)cc46)cc3n(OC)c2c1. The van der Waals surface area contributed by atoms with Crippen LogP contribution in [0, 0.1) is 0 Å². The predicted octanol–water partition coefficient (Wildman–Crippen LogP) is 23.4. The molecular weight excluding hydrogens is 1340 g/mol. The van der Waals surface area contributed by atoms with Gasteiger partial charge in [0.2, 0.25) is 0 Å². The van der Waals surface area contributed by atoms with Gasteiger partial charge in [0.05, 0.1) is 70.1 Å². The molecule has 0 atom stereocenters. The van der Waals surface area contributed by atoms with Gasteiger partial charge in [0, 0.05) is 60.9 Å². The van der Waals surface area contributed by atoms with Gasteiger partial charge in [0.25, 0.3) is 0 Å². The molecule has 0 saturated carbocycles. The highest BCUT2D eigenvalue weighted by atomic mass is 16.6. The average Bonchev–Trinajstić information content (AvgIpc) is 1.54. The third-order valence-electron chi connectivity index (χ3n) is 22.0. The lowest BCUT2D eigenvalue weighted by atomic mass is 9.92. The van der Waals surface area contributed by atoms with Crippen LogP contribution in [-0.2, 0) is 0 Å². The van der Waals surface area contributed by atoms with Gasteiger partial charge < -0.3 is 38.4 Å². The number of benzene rings is 15. The molecule has 0 unspecified atom stereocenters. The third-order valence-corrected chi connectivity index (χ3v) is 22.0. The monoisotopic (exact) mass is 1400 g/mol. The summed E-state index contributed by atoms with van der Waals surface area (Å²) in [5, 5.41) is 8.50. The molecule has 108 heavy (non-hydrogen) atoms. The molecule has 0 bridgehead atoms. The number of methoxy groups -OCH3 is 2. The van der Waals surface area contributed by atoms with Gasteiger partial charge in [-0.3, -0.25) is 9.59 Å². The number of aromatic nitrogens is 2. The first-order chi connectivity index (χ1) is 53.2. The van der Waals surface area contributed by atoms with Crippen LogP contribution in [0.25, 0.3) is 153 Å². The number of hydrogen-bond acceptors (Lipinski definition) is 10. The average molecular weight is 1400 g/mol. The number of fused-ring (bicyclic) bond motifs is 16. The molecular formula is C96H62N4O8. The third kappa shape index (κ3) is 9.42. The van der Waals surface area contributed by atoms with Gasteiger partial charge in [-0.25, -0.2) is 0 Å². The molecule has 2 aromatic heterocycles.